The van der Waals surface area contributed by atoms with Gasteiger partial charge in [0, 0.05) is 18.8 Å². The monoisotopic (exact) mass is 371 g/mol. The molecular weight excluding hydrogens is 346 g/mol. The van der Waals surface area contributed by atoms with Crippen molar-refractivity contribution in [3.8, 4) is 11.5 Å². The van der Waals surface area contributed by atoms with Crippen molar-refractivity contribution in [1.29, 1.82) is 0 Å². The number of imide groups is 1. The highest BCUT2D eigenvalue weighted by atomic mass is 16.5. The summed E-state index contributed by atoms with van der Waals surface area (Å²) in [6.45, 7) is 4.80. The van der Waals surface area contributed by atoms with E-state index in [-0.39, 0.29) is 0 Å². The second kappa shape index (κ2) is 10.1. The van der Waals surface area contributed by atoms with E-state index in [0.717, 1.165) is 5.56 Å². The van der Waals surface area contributed by atoms with Gasteiger partial charge in [-0.15, -0.1) is 0 Å². The Morgan fingerprint density at radius 2 is 1.63 bits per heavy atom. The van der Waals surface area contributed by atoms with Crippen LogP contribution in [0.25, 0.3) is 0 Å². The van der Waals surface area contributed by atoms with Gasteiger partial charge in [-0.25, -0.2) is 4.79 Å². The molecule has 2 rings (SSSR count). The fraction of sp³-hybridized carbons (Fsp3) is 0.300. The van der Waals surface area contributed by atoms with E-state index in [2.05, 4.69) is 16.0 Å². The number of carbonyl (C=O) groups is 2. The average molecular weight is 371 g/mol. The number of benzene rings is 2. The number of amides is 3. The molecule has 7 heteroatoms. The van der Waals surface area contributed by atoms with Crippen LogP contribution in [-0.4, -0.2) is 32.2 Å². The Kier molecular flexibility index (Phi) is 7.49. The number of hydrogen-bond acceptors (Lipinski definition) is 5. The van der Waals surface area contributed by atoms with Gasteiger partial charge in [-0.05, 0) is 31.5 Å². The molecule has 2 aromatic rings. The molecule has 0 aliphatic carbocycles. The first kappa shape index (κ1) is 20.1. The van der Waals surface area contributed by atoms with E-state index in [1.54, 1.807) is 18.2 Å². The molecule has 0 aromatic heterocycles. The number of urea groups is 1. The fourth-order valence-electron chi connectivity index (χ4n) is 2.50. The third-order valence-electron chi connectivity index (χ3n) is 3.71. The van der Waals surface area contributed by atoms with Gasteiger partial charge in [0.2, 0.25) is 0 Å². The highest BCUT2D eigenvalue weighted by Gasteiger charge is 2.22. The van der Waals surface area contributed by atoms with Gasteiger partial charge >= 0.3 is 6.03 Å². The van der Waals surface area contributed by atoms with Crippen molar-refractivity contribution in [2.75, 3.05) is 25.6 Å². The van der Waals surface area contributed by atoms with Gasteiger partial charge in [-0.3, -0.25) is 10.1 Å². The van der Waals surface area contributed by atoms with Crippen molar-refractivity contribution in [1.82, 2.24) is 10.6 Å². The summed E-state index contributed by atoms with van der Waals surface area (Å²) in [5.41, 5.74) is 1.40. The minimum Gasteiger partial charge on any atom is -0.490 e. The van der Waals surface area contributed by atoms with Crippen molar-refractivity contribution >= 4 is 17.6 Å². The standard InChI is InChI=1S/C20H25N3O4/c1-4-26-16-12-11-15(13-17(16)27-5-2)22-18(14-9-7-6-8-10-14)19(24)23-20(25)21-3/h6-13,18,22H,4-5H2,1-3H3,(H2,21,23,24,25)/t18-/m0/s1. The molecule has 3 N–H and O–H groups in total. The number of hydrogen-bond donors (Lipinski definition) is 3. The average Bonchev–Trinajstić information content (AvgIpc) is 2.68. The van der Waals surface area contributed by atoms with E-state index in [4.69, 9.17) is 9.47 Å². The fourth-order valence-corrected chi connectivity index (χ4v) is 2.50. The molecule has 27 heavy (non-hydrogen) atoms. The molecule has 0 aliphatic rings. The van der Waals surface area contributed by atoms with Crippen LogP contribution in [0.15, 0.2) is 48.5 Å². The van der Waals surface area contributed by atoms with Crippen LogP contribution in [0.3, 0.4) is 0 Å². The lowest BCUT2D eigenvalue weighted by Gasteiger charge is -2.20. The lowest BCUT2D eigenvalue weighted by molar-refractivity contribution is -0.120. The Bertz CT molecular complexity index is 765. The van der Waals surface area contributed by atoms with Crippen LogP contribution in [-0.2, 0) is 4.79 Å². The van der Waals surface area contributed by atoms with E-state index in [0.29, 0.717) is 30.4 Å². The molecule has 0 saturated heterocycles. The van der Waals surface area contributed by atoms with E-state index < -0.39 is 18.0 Å². The summed E-state index contributed by atoms with van der Waals surface area (Å²) in [6, 6.07) is 13.2. The Morgan fingerprint density at radius 1 is 0.963 bits per heavy atom. The minimum atomic E-state index is -0.754. The molecule has 0 heterocycles. The molecule has 0 fully saturated rings. The van der Waals surface area contributed by atoms with Crippen molar-refractivity contribution < 1.29 is 19.1 Å². The van der Waals surface area contributed by atoms with Crippen LogP contribution in [0.4, 0.5) is 10.5 Å². The van der Waals surface area contributed by atoms with E-state index in [1.165, 1.54) is 7.05 Å². The van der Waals surface area contributed by atoms with Gasteiger partial charge in [-0.1, -0.05) is 30.3 Å². The van der Waals surface area contributed by atoms with Gasteiger partial charge in [-0.2, -0.15) is 0 Å². The maximum atomic E-state index is 12.6. The summed E-state index contributed by atoms with van der Waals surface area (Å²) in [4.78, 5) is 24.2. The number of nitrogens with one attached hydrogen (secondary N) is 3. The second-order valence-corrected chi connectivity index (χ2v) is 5.58. The van der Waals surface area contributed by atoms with Gasteiger partial charge in [0.25, 0.3) is 5.91 Å². The third-order valence-corrected chi connectivity index (χ3v) is 3.71. The van der Waals surface area contributed by atoms with Crippen LogP contribution >= 0.6 is 0 Å². The highest BCUT2D eigenvalue weighted by molar-refractivity contribution is 5.98. The van der Waals surface area contributed by atoms with Crippen LogP contribution in [0.2, 0.25) is 0 Å². The van der Waals surface area contributed by atoms with Gasteiger partial charge in [0.1, 0.15) is 6.04 Å². The van der Waals surface area contributed by atoms with Crippen molar-refractivity contribution in [3.05, 3.63) is 54.1 Å². The summed E-state index contributed by atoms with van der Waals surface area (Å²) in [5, 5.41) is 7.86. The maximum absolute atomic E-state index is 12.6. The first-order valence-corrected chi connectivity index (χ1v) is 8.82. The lowest BCUT2D eigenvalue weighted by atomic mass is 10.1. The Balaban J connectivity index is 2.30. The molecule has 0 aliphatic heterocycles. The van der Waals surface area contributed by atoms with Crippen molar-refractivity contribution in [2.24, 2.45) is 0 Å². The Morgan fingerprint density at radius 3 is 2.26 bits per heavy atom. The molecule has 7 nitrogen and oxygen atoms in total. The molecule has 2 aromatic carbocycles. The summed E-state index contributed by atoms with van der Waals surface area (Å²) in [6.07, 6.45) is 0. The smallest absolute Gasteiger partial charge is 0.321 e. The summed E-state index contributed by atoms with van der Waals surface area (Å²) in [5.74, 6) is 0.756. The molecule has 144 valence electrons. The number of ether oxygens (including phenoxy) is 2. The van der Waals surface area contributed by atoms with Crippen molar-refractivity contribution in [3.63, 3.8) is 0 Å². The first-order chi connectivity index (χ1) is 13.1. The zero-order chi connectivity index (χ0) is 19.6. The molecular formula is C20H25N3O4. The lowest BCUT2D eigenvalue weighted by Crippen LogP contribution is -2.42. The van der Waals surface area contributed by atoms with Crippen molar-refractivity contribution in [2.45, 2.75) is 19.9 Å². The van der Waals surface area contributed by atoms with Crippen LogP contribution < -0.4 is 25.4 Å². The summed E-state index contributed by atoms with van der Waals surface area (Å²) < 4.78 is 11.2. The van der Waals surface area contributed by atoms with E-state index >= 15 is 0 Å². The Hall–Kier alpha value is -3.22. The summed E-state index contributed by atoms with van der Waals surface area (Å²) >= 11 is 0. The zero-order valence-electron chi connectivity index (χ0n) is 15.7. The molecule has 0 saturated carbocycles. The SMILES string of the molecule is CCOc1ccc(N[C@H](C(=O)NC(=O)NC)c2ccccc2)cc1OCC. The third kappa shape index (κ3) is 5.64. The number of anilines is 1. The molecule has 3 amide bonds. The van der Waals surface area contributed by atoms with Crippen LogP contribution in [0.5, 0.6) is 11.5 Å². The molecule has 0 bridgehead atoms. The highest BCUT2D eigenvalue weighted by Crippen LogP contribution is 2.32. The number of carbonyl (C=O) groups excluding carboxylic acids is 2. The summed E-state index contributed by atoms with van der Waals surface area (Å²) in [7, 11) is 1.45. The topological polar surface area (TPSA) is 88.7 Å². The van der Waals surface area contributed by atoms with Gasteiger partial charge < -0.3 is 20.1 Å². The Labute approximate surface area is 159 Å². The number of rotatable bonds is 8. The first-order valence-electron chi connectivity index (χ1n) is 8.82. The molecule has 0 spiro atoms. The molecule has 1 atom stereocenters. The quantitative estimate of drug-likeness (QED) is 0.664. The van der Waals surface area contributed by atoms with Crippen LogP contribution in [0, 0.1) is 0 Å². The van der Waals surface area contributed by atoms with Gasteiger partial charge in [0.15, 0.2) is 11.5 Å². The maximum Gasteiger partial charge on any atom is 0.321 e. The zero-order valence-corrected chi connectivity index (χ0v) is 15.7. The molecule has 0 radical (unpaired) electrons. The normalized spacial score (nSPS) is 11.2. The predicted octanol–water partition coefficient (Wildman–Crippen LogP) is 3.09. The largest absolute Gasteiger partial charge is 0.490 e. The van der Waals surface area contributed by atoms with Crippen LogP contribution in [0.1, 0.15) is 25.5 Å². The van der Waals surface area contributed by atoms with Gasteiger partial charge in [0.05, 0.1) is 13.2 Å². The minimum absolute atomic E-state index is 0.465. The second-order valence-electron chi connectivity index (χ2n) is 5.58. The molecule has 0 unspecified atom stereocenters. The van der Waals surface area contributed by atoms with E-state index in [9.17, 15) is 9.59 Å². The predicted molar refractivity (Wildman–Crippen MR) is 104 cm³/mol. The van der Waals surface area contributed by atoms with E-state index in [1.807, 2.05) is 44.2 Å².